The number of urea groups is 1. The Kier molecular flexibility index (Phi) is 6.37. The maximum Gasteiger partial charge on any atom is 0.333 e. The van der Waals surface area contributed by atoms with E-state index in [1.54, 1.807) is 29.0 Å². The molecule has 3 rings (SSSR count). The zero-order valence-electron chi connectivity index (χ0n) is 15.8. The van der Waals surface area contributed by atoms with E-state index in [4.69, 9.17) is 0 Å². The van der Waals surface area contributed by atoms with Crippen LogP contribution in [0.5, 0.6) is 0 Å². The lowest BCUT2D eigenvalue weighted by Crippen LogP contribution is -2.38. The summed E-state index contributed by atoms with van der Waals surface area (Å²) in [5, 5.41) is 0.962. The Morgan fingerprint density at radius 2 is 1.16 bits per heavy atom. The average Bonchev–Trinajstić information content (AvgIpc) is 2.75. The Labute approximate surface area is 179 Å². The number of anilines is 2. The number of sulfonamides is 2. The number of rotatable bonds is 5. The first-order valence-corrected chi connectivity index (χ1v) is 11.8. The van der Waals surface area contributed by atoms with Crippen LogP contribution in [0.15, 0.2) is 89.8 Å². The summed E-state index contributed by atoms with van der Waals surface area (Å²) >= 11 is 0. The summed E-state index contributed by atoms with van der Waals surface area (Å²) < 4.78 is 53.4. The van der Waals surface area contributed by atoms with Crippen molar-refractivity contribution in [1.29, 1.82) is 0 Å². The first kappa shape index (κ1) is 22.0. The molecule has 0 unspecified atom stereocenters. The minimum Gasteiger partial charge on any atom is -0.305 e. The zero-order chi connectivity index (χ0) is 22.5. The molecule has 0 spiro atoms. The lowest BCUT2D eigenvalue weighted by atomic mass is 10.2. The van der Waals surface area contributed by atoms with Crippen LogP contribution in [0, 0.1) is 0 Å². The summed E-state index contributed by atoms with van der Waals surface area (Å²) in [5.74, 6) is 0. The number of para-hydroxylation sites is 2. The van der Waals surface area contributed by atoms with Crippen molar-refractivity contribution in [3.63, 3.8) is 0 Å². The van der Waals surface area contributed by atoms with Gasteiger partial charge in [0.15, 0.2) is 0 Å². The third-order valence-electron chi connectivity index (χ3n) is 3.95. The number of carbonyl (C=O) groups is 2. The molecule has 0 aliphatic rings. The number of hydrogen-bond acceptors (Lipinski definition) is 6. The van der Waals surface area contributed by atoms with Gasteiger partial charge in [0.05, 0.1) is 16.3 Å². The van der Waals surface area contributed by atoms with Crippen LogP contribution in [-0.2, 0) is 20.0 Å². The molecule has 0 saturated carbocycles. The normalized spacial score (nSPS) is 11.4. The van der Waals surface area contributed by atoms with Crippen molar-refractivity contribution >= 4 is 42.6 Å². The molecular weight excluding hydrogens is 442 g/mol. The first-order chi connectivity index (χ1) is 14.7. The molecule has 0 atom stereocenters. The SMILES string of the molecule is O=C(Nc1ccccc1NS(=O)(=O)c1ccccc1)NS(=O)(=O)C(=O)c1ccccc1. The van der Waals surface area contributed by atoms with E-state index in [1.807, 2.05) is 0 Å². The molecule has 3 aromatic rings. The van der Waals surface area contributed by atoms with Crippen molar-refractivity contribution < 1.29 is 26.4 Å². The van der Waals surface area contributed by atoms with Crippen LogP contribution >= 0.6 is 0 Å². The quantitative estimate of drug-likeness (QED) is 0.536. The predicted octanol–water partition coefficient (Wildman–Crippen LogP) is 2.78. The van der Waals surface area contributed by atoms with Gasteiger partial charge in [0.1, 0.15) is 0 Å². The van der Waals surface area contributed by atoms with E-state index in [1.165, 1.54) is 60.7 Å². The molecule has 0 bridgehead atoms. The summed E-state index contributed by atoms with van der Waals surface area (Å²) in [4.78, 5) is 24.4. The molecule has 2 amide bonds. The van der Waals surface area contributed by atoms with Crippen molar-refractivity contribution in [2.45, 2.75) is 4.90 Å². The second-order valence-electron chi connectivity index (χ2n) is 6.18. The first-order valence-electron chi connectivity index (χ1n) is 8.79. The summed E-state index contributed by atoms with van der Waals surface area (Å²) in [6, 6.07) is 19.3. The van der Waals surface area contributed by atoms with Crippen LogP contribution in [0.25, 0.3) is 0 Å². The Morgan fingerprint density at radius 1 is 0.645 bits per heavy atom. The second-order valence-corrected chi connectivity index (χ2v) is 9.44. The van der Waals surface area contributed by atoms with Crippen molar-refractivity contribution in [2.75, 3.05) is 10.0 Å². The molecule has 3 aromatic carbocycles. The molecule has 9 nitrogen and oxygen atoms in total. The fourth-order valence-electron chi connectivity index (χ4n) is 2.53. The minimum absolute atomic E-state index is 0.00490. The third-order valence-corrected chi connectivity index (χ3v) is 6.51. The van der Waals surface area contributed by atoms with Gasteiger partial charge >= 0.3 is 16.1 Å². The Hall–Kier alpha value is -3.70. The Balaban J connectivity index is 1.76. The summed E-state index contributed by atoms with van der Waals surface area (Å²) in [5.41, 5.74) is -0.117. The molecule has 31 heavy (non-hydrogen) atoms. The monoisotopic (exact) mass is 459 g/mol. The molecule has 0 aromatic heterocycles. The van der Waals surface area contributed by atoms with E-state index in [0.717, 1.165) is 0 Å². The fraction of sp³-hybridized carbons (Fsp3) is 0. The minimum atomic E-state index is -4.66. The van der Waals surface area contributed by atoms with Crippen LogP contribution < -0.4 is 14.8 Å². The van der Waals surface area contributed by atoms with E-state index >= 15 is 0 Å². The lowest BCUT2D eigenvalue weighted by molar-refractivity contribution is 0.107. The van der Waals surface area contributed by atoms with Crippen molar-refractivity contribution in [2.24, 2.45) is 0 Å². The lowest BCUT2D eigenvalue weighted by Gasteiger charge is -2.14. The standard InChI is InChI=1S/C20H17N3O6S2/c24-19(15-9-3-1-4-10-15)31(28,29)23-20(25)21-17-13-7-8-14-18(17)22-30(26,27)16-11-5-2-6-12-16/h1-14,22H,(H2,21,23,25). The molecule has 0 aliphatic carbocycles. The number of nitrogens with one attached hydrogen (secondary N) is 3. The molecule has 3 N–H and O–H groups in total. The molecule has 160 valence electrons. The van der Waals surface area contributed by atoms with Crippen LogP contribution in [0.4, 0.5) is 16.2 Å². The van der Waals surface area contributed by atoms with Gasteiger partial charge in [-0.3, -0.25) is 9.52 Å². The van der Waals surface area contributed by atoms with Crippen LogP contribution in [0.3, 0.4) is 0 Å². The number of amides is 2. The second kappa shape index (κ2) is 8.98. The van der Waals surface area contributed by atoms with Crippen LogP contribution in [-0.4, -0.2) is 28.0 Å². The Bertz CT molecular complexity index is 1310. The number of benzene rings is 3. The predicted molar refractivity (Wildman–Crippen MR) is 116 cm³/mol. The summed E-state index contributed by atoms with van der Waals surface area (Å²) in [7, 11) is -8.61. The van der Waals surface area contributed by atoms with E-state index in [9.17, 15) is 26.4 Å². The number of hydrogen-bond donors (Lipinski definition) is 3. The van der Waals surface area contributed by atoms with Gasteiger partial charge in [-0.05, 0) is 24.3 Å². The van der Waals surface area contributed by atoms with Gasteiger partial charge in [0.25, 0.3) is 15.1 Å². The van der Waals surface area contributed by atoms with Gasteiger partial charge < -0.3 is 5.32 Å². The average molecular weight is 460 g/mol. The maximum atomic E-state index is 12.5. The number of carbonyl (C=O) groups excluding carboxylic acids is 2. The molecule has 0 aliphatic heterocycles. The van der Waals surface area contributed by atoms with Crippen LogP contribution in [0.2, 0.25) is 0 Å². The highest BCUT2D eigenvalue weighted by Gasteiger charge is 2.26. The summed E-state index contributed by atoms with van der Waals surface area (Å²) in [6.45, 7) is 0. The van der Waals surface area contributed by atoms with Crippen molar-refractivity contribution in [3.05, 3.63) is 90.5 Å². The van der Waals surface area contributed by atoms with Gasteiger partial charge in [-0.15, -0.1) is 0 Å². The third kappa shape index (κ3) is 5.47. The molecule has 0 saturated heterocycles. The van der Waals surface area contributed by atoms with Gasteiger partial charge in [0.2, 0.25) is 0 Å². The van der Waals surface area contributed by atoms with E-state index in [2.05, 4.69) is 10.0 Å². The van der Waals surface area contributed by atoms with Gasteiger partial charge in [-0.1, -0.05) is 60.7 Å². The highest BCUT2D eigenvalue weighted by atomic mass is 32.2. The molecule has 0 heterocycles. The van der Waals surface area contributed by atoms with E-state index in [-0.39, 0.29) is 21.8 Å². The molecular formula is C20H17N3O6S2. The fourth-order valence-corrected chi connectivity index (χ4v) is 4.47. The highest BCUT2D eigenvalue weighted by Crippen LogP contribution is 2.24. The van der Waals surface area contributed by atoms with Gasteiger partial charge in [-0.2, -0.15) is 8.42 Å². The van der Waals surface area contributed by atoms with E-state index in [0.29, 0.717) is 0 Å². The van der Waals surface area contributed by atoms with Crippen molar-refractivity contribution in [3.8, 4) is 0 Å². The smallest absolute Gasteiger partial charge is 0.305 e. The van der Waals surface area contributed by atoms with Gasteiger partial charge in [-0.25, -0.2) is 17.9 Å². The van der Waals surface area contributed by atoms with Gasteiger partial charge in [0, 0.05) is 5.56 Å². The molecule has 0 radical (unpaired) electrons. The maximum absolute atomic E-state index is 12.5. The zero-order valence-corrected chi connectivity index (χ0v) is 17.5. The van der Waals surface area contributed by atoms with E-state index < -0.39 is 31.2 Å². The topological polar surface area (TPSA) is 139 Å². The molecule has 0 fully saturated rings. The summed E-state index contributed by atoms with van der Waals surface area (Å²) in [6.07, 6.45) is 0. The largest absolute Gasteiger partial charge is 0.333 e. The Morgan fingerprint density at radius 3 is 1.77 bits per heavy atom. The molecule has 11 heteroatoms. The van der Waals surface area contributed by atoms with Crippen LogP contribution in [0.1, 0.15) is 10.4 Å². The highest BCUT2D eigenvalue weighted by molar-refractivity contribution is 8.05. The van der Waals surface area contributed by atoms with Crippen molar-refractivity contribution in [1.82, 2.24) is 4.72 Å².